The largest absolute Gasteiger partial charge is 0.346 e. The molecule has 1 unspecified atom stereocenters. The molecule has 0 aromatic heterocycles. The van der Waals surface area contributed by atoms with E-state index in [-0.39, 0.29) is 16.8 Å². The number of hydrogen-bond acceptors (Lipinski definition) is 3. The van der Waals surface area contributed by atoms with Gasteiger partial charge in [0, 0.05) is 10.0 Å². The number of hydrogen-bond donors (Lipinski definition) is 2. The van der Waals surface area contributed by atoms with E-state index in [9.17, 15) is 13.2 Å². The quantitative estimate of drug-likeness (QED) is 0.851. The van der Waals surface area contributed by atoms with E-state index in [0.29, 0.717) is 11.1 Å². The molecule has 116 valence electrons. The van der Waals surface area contributed by atoms with Crippen molar-refractivity contribution in [3.8, 4) is 0 Å². The summed E-state index contributed by atoms with van der Waals surface area (Å²) in [7, 11) is -3.76. The van der Waals surface area contributed by atoms with Crippen LogP contribution in [0.1, 0.15) is 28.9 Å². The van der Waals surface area contributed by atoms with Crippen LogP contribution in [-0.4, -0.2) is 14.3 Å². The normalized spacial score (nSPS) is 12.7. The van der Waals surface area contributed by atoms with Crippen LogP contribution in [0, 0.1) is 0 Å². The predicted octanol–water partition coefficient (Wildman–Crippen LogP) is 2.59. The first-order valence-corrected chi connectivity index (χ1v) is 8.80. The highest BCUT2D eigenvalue weighted by molar-refractivity contribution is 9.10. The molecular weight excluding hydrogens is 368 g/mol. The summed E-state index contributed by atoms with van der Waals surface area (Å²) in [6.07, 6.45) is 0. The fourth-order valence-electron chi connectivity index (χ4n) is 1.93. The summed E-state index contributed by atoms with van der Waals surface area (Å²) in [4.78, 5) is 12.2. The number of benzene rings is 2. The van der Waals surface area contributed by atoms with Gasteiger partial charge in [-0.05, 0) is 48.9 Å². The second-order valence-electron chi connectivity index (χ2n) is 4.82. The average molecular weight is 383 g/mol. The molecule has 0 bridgehead atoms. The zero-order valence-electron chi connectivity index (χ0n) is 11.8. The molecule has 2 aromatic carbocycles. The third kappa shape index (κ3) is 4.16. The number of carbonyl (C=O) groups is 1. The monoisotopic (exact) mass is 382 g/mol. The van der Waals surface area contributed by atoms with Crippen LogP contribution < -0.4 is 10.5 Å². The summed E-state index contributed by atoms with van der Waals surface area (Å²) in [6.45, 7) is 1.78. The fourth-order valence-corrected chi connectivity index (χ4v) is 2.76. The molecule has 1 amide bonds. The molecule has 0 fully saturated rings. The highest BCUT2D eigenvalue weighted by Gasteiger charge is 2.14. The maximum atomic E-state index is 12.2. The van der Waals surface area contributed by atoms with Gasteiger partial charge in [0.1, 0.15) is 0 Å². The number of nitrogens with two attached hydrogens (primary N) is 1. The van der Waals surface area contributed by atoms with Crippen LogP contribution in [0.5, 0.6) is 0 Å². The topological polar surface area (TPSA) is 89.3 Å². The Bertz CT molecular complexity index is 789. The van der Waals surface area contributed by atoms with Crippen molar-refractivity contribution in [3.63, 3.8) is 0 Å². The van der Waals surface area contributed by atoms with Crippen LogP contribution >= 0.6 is 15.9 Å². The van der Waals surface area contributed by atoms with Crippen molar-refractivity contribution in [2.24, 2.45) is 5.14 Å². The molecule has 0 radical (unpaired) electrons. The first-order valence-electron chi connectivity index (χ1n) is 6.46. The van der Waals surface area contributed by atoms with E-state index in [2.05, 4.69) is 21.2 Å². The molecule has 0 aliphatic heterocycles. The first kappa shape index (κ1) is 16.7. The second-order valence-corrected chi connectivity index (χ2v) is 7.30. The van der Waals surface area contributed by atoms with Gasteiger partial charge in [-0.2, -0.15) is 0 Å². The van der Waals surface area contributed by atoms with Gasteiger partial charge in [-0.25, -0.2) is 13.6 Å². The average Bonchev–Trinajstić information content (AvgIpc) is 2.47. The number of rotatable bonds is 4. The van der Waals surface area contributed by atoms with Crippen LogP contribution in [0.2, 0.25) is 0 Å². The van der Waals surface area contributed by atoms with Crippen LogP contribution in [0.3, 0.4) is 0 Å². The maximum absolute atomic E-state index is 12.2. The van der Waals surface area contributed by atoms with Crippen molar-refractivity contribution < 1.29 is 13.2 Å². The molecular formula is C15H15BrN2O3S. The van der Waals surface area contributed by atoms with Gasteiger partial charge in [-0.15, -0.1) is 0 Å². The van der Waals surface area contributed by atoms with Crippen LogP contribution in [-0.2, 0) is 10.0 Å². The molecule has 0 saturated carbocycles. The van der Waals surface area contributed by atoms with Crippen molar-refractivity contribution in [3.05, 3.63) is 64.1 Å². The Hall–Kier alpha value is -1.70. The molecule has 0 aliphatic carbocycles. The molecule has 1 atom stereocenters. The summed E-state index contributed by atoms with van der Waals surface area (Å²) >= 11 is 3.31. The Morgan fingerprint density at radius 3 is 2.41 bits per heavy atom. The van der Waals surface area contributed by atoms with Crippen LogP contribution in [0.4, 0.5) is 0 Å². The molecule has 5 nitrogen and oxygen atoms in total. The van der Waals surface area contributed by atoms with Gasteiger partial charge < -0.3 is 5.32 Å². The van der Waals surface area contributed by atoms with Gasteiger partial charge in [0.15, 0.2) is 0 Å². The predicted molar refractivity (Wildman–Crippen MR) is 87.8 cm³/mol. The molecule has 0 heterocycles. The third-order valence-corrected chi connectivity index (χ3v) is 4.58. The molecule has 3 N–H and O–H groups in total. The Labute approximate surface area is 137 Å². The summed E-state index contributed by atoms with van der Waals surface area (Å²) in [6, 6.07) is 12.8. The minimum atomic E-state index is -3.76. The number of amides is 1. The SMILES string of the molecule is CC(NC(=O)c1ccc(Br)cc1)c1cccc(S(N)(=O)=O)c1. The Morgan fingerprint density at radius 1 is 1.18 bits per heavy atom. The zero-order valence-corrected chi connectivity index (χ0v) is 14.2. The Morgan fingerprint density at radius 2 is 1.82 bits per heavy atom. The maximum Gasteiger partial charge on any atom is 0.251 e. The van der Waals surface area contributed by atoms with Gasteiger partial charge in [-0.1, -0.05) is 28.1 Å². The summed E-state index contributed by atoms with van der Waals surface area (Å²) in [5.41, 5.74) is 1.19. The fraction of sp³-hybridized carbons (Fsp3) is 0.133. The zero-order chi connectivity index (χ0) is 16.3. The lowest BCUT2D eigenvalue weighted by atomic mass is 10.1. The molecule has 2 aromatic rings. The van der Waals surface area contributed by atoms with Gasteiger partial charge in [-0.3, -0.25) is 4.79 Å². The molecule has 0 spiro atoms. The molecule has 7 heteroatoms. The smallest absolute Gasteiger partial charge is 0.251 e. The Balaban J connectivity index is 2.17. The van der Waals surface area contributed by atoms with Crippen molar-refractivity contribution in [2.75, 3.05) is 0 Å². The summed E-state index contributed by atoms with van der Waals surface area (Å²) in [5.74, 6) is -0.235. The van der Waals surface area contributed by atoms with Crippen molar-refractivity contribution >= 4 is 31.9 Å². The van der Waals surface area contributed by atoms with Gasteiger partial charge in [0.25, 0.3) is 5.91 Å². The van der Waals surface area contributed by atoms with E-state index in [1.54, 1.807) is 43.3 Å². The van der Waals surface area contributed by atoms with E-state index in [0.717, 1.165) is 4.47 Å². The van der Waals surface area contributed by atoms with Crippen LogP contribution in [0.15, 0.2) is 57.9 Å². The second kappa shape index (κ2) is 6.60. The lowest BCUT2D eigenvalue weighted by Crippen LogP contribution is -2.26. The molecule has 0 aliphatic rings. The molecule has 2 rings (SSSR count). The highest BCUT2D eigenvalue weighted by Crippen LogP contribution is 2.18. The van der Waals surface area contributed by atoms with Crippen molar-refractivity contribution in [1.29, 1.82) is 0 Å². The van der Waals surface area contributed by atoms with Crippen molar-refractivity contribution in [2.45, 2.75) is 17.9 Å². The number of sulfonamides is 1. The molecule has 0 saturated heterocycles. The number of halogens is 1. The van der Waals surface area contributed by atoms with E-state index in [1.165, 1.54) is 12.1 Å². The Kier molecular flexibility index (Phi) is 5.00. The van der Waals surface area contributed by atoms with Crippen molar-refractivity contribution in [1.82, 2.24) is 5.32 Å². The minimum absolute atomic E-state index is 0.0229. The number of nitrogens with one attached hydrogen (secondary N) is 1. The molecule has 22 heavy (non-hydrogen) atoms. The highest BCUT2D eigenvalue weighted by atomic mass is 79.9. The lowest BCUT2D eigenvalue weighted by Gasteiger charge is -2.15. The minimum Gasteiger partial charge on any atom is -0.346 e. The van der Waals surface area contributed by atoms with E-state index in [4.69, 9.17) is 5.14 Å². The van der Waals surface area contributed by atoms with E-state index in [1.807, 2.05) is 0 Å². The van der Waals surface area contributed by atoms with Gasteiger partial charge in [0.2, 0.25) is 10.0 Å². The lowest BCUT2D eigenvalue weighted by molar-refractivity contribution is 0.0940. The van der Waals surface area contributed by atoms with E-state index < -0.39 is 10.0 Å². The summed E-state index contributed by atoms with van der Waals surface area (Å²) < 4.78 is 23.6. The number of carbonyl (C=O) groups excluding carboxylic acids is 1. The van der Waals surface area contributed by atoms with Crippen LogP contribution in [0.25, 0.3) is 0 Å². The van der Waals surface area contributed by atoms with Gasteiger partial charge >= 0.3 is 0 Å². The first-order chi connectivity index (χ1) is 10.3. The third-order valence-electron chi connectivity index (χ3n) is 3.14. The summed E-state index contributed by atoms with van der Waals surface area (Å²) in [5, 5.41) is 7.93. The standard InChI is InChI=1S/C15H15BrN2O3S/c1-10(12-3-2-4-14(9-12)22(17,20)21)18-15(19)11-5-7-13(16)8-6-11/h2-10H,1H3,(H,18,19)(H2,17,20,21). The van der Waals surface area contributed by atoms with Gasteiger partial charge in [0.05, 0.1) is 10.9 Å². The van der Waals surface area contributed by atoms with E-state index >= 15 is 0 Å². The number of primary sulfonamides is 1.